The molecule has 0 spiro atoms. The molecule has 2 heterocycles. The van der Waals surface area contributed by atoms with Gasteiger partial charge in [-0.3, -0.25) is 4.79 Å². The molecular weight excluding hydrogens is 314 g/mol. The summed E-state index contributed by atoms with van der Waals surface area (Å²) in [5.74, 6) is 1.45. The molecule has 23 heavy (non-hydrogen) atoms. The van der Waals surface area contributed by atoms with Gasteiger partial charge in [-0.2, -0.15) is 12.6 Å². The highest BCUT2D eigenvalue weighted by Crippen LogP contribution is 2.42. The molecule has 3 rings (SSSR count). The van der Waals surface area contributed by atoms with Gasteiger partial charge in [-0.15, -0.1) is 0 Å². The van der Waals surface area contributed by atoms with Crippen molar-refractivity contribution in [3.63, 3.8) is 0 Å². The van der Waals surface area contributed by atoms with Crippen molar-refractivity contribution < 1.29 is 9.90 Å². The second-order valence-corrected chi connectivity index (χ2v) is 6.62. The first-order chi connectivity index (χ1) is 11.0. The third-order valence-electron chi connectivity index (χ3n) is 4.68. The summed E-state index contributed by atoms with van der Waals surface area (Å²) in [6.45, 7) is 4.74. The smallest absolute Gasteiger partial charge is 0.240 e. The van der Waals surface area contributed by atoms with E-state index in [-0.39, 0.29) is 11.8 Å². The van der Waals surface area contributed by atoms with Gasteiger partial charge in [-0.25, -0.2) is 9.97 Å². The molecule has 1 aromatic rings. The van der Waals surface area contributed by atoms with Crippen LogP contribution < -0.4 is 10.6 Å². The van der Waals surface area contributed by atoms with Crippen LogP contribution in [0.3, 0.4) is 0 Å². The highest BCUT2D eigenvalue weighted by Gasteiger charge is 2.34. The summed E-state index contributed by atoms with van der Waals surface area (Å²) in [5, 5.41) is 10.1. The summed E-state index contributed by atoms with van der Waals surface area (Å²) in [4.78, 5) is 24.8. The van der Waals surface area contributed by atoms with E-state index in [0.717, 1.165) is 17.1 Å². The van der Waals surface area contributed by atoms with Crippen molar-refractivity contribution in [3.8, 4) is 0 Å². The maximum Gasteiger partial charge on any atom is 0.240 e. The Morgan fingerprint density at radius 2 is 2.13 bits per heavy atom. The van der Waals surface area contributed by atoms with Crippen LogP contribution in [0.25, 0.3) is 0 Å². The van der Waals surface area contributed by atoms with E-state index in [4.69, 9.17) is 5.73 Å². The number of nitrogens with zero attached hydrogens (tertiary/aromatic N) is 4. The first kappa shape index (κ1) is 16.5. The highest BCUT2D eigenvalue weighted by atomic mass is 32.1. The number of piperazine rings is 1. The van der Waals surface area contributed by atoms with Crippen molar-refractivity contribution in [2.24, 2.45) is 5.73 Å². The summed E-state index contributed by atoms with van der Waals surface area (Å²) in [6.07, 6.45) is 1.71. The number of amides is 1. The molecule has 3 atom stereocenters. The largest absolute Gasteiger partial charge is 0.387 e. The molecule has 2 aliphatic rings. The Bertz CT molecular complexity index is 591. The van der Waals surface area contributed by atoms with Crippen LogP contribution in [0, 0.1) is 0 Å². The number of aliphatic hydroxyl groups excluding tert-OH is 1. The number of fused-ring (bicyclic) bond motifs is 1. The fourth-order valence-electron chi connectivity index (χ4n) is 3.41. The molecule has 126 valence electrons. The van der Waals surface area contributed by atoms with Crippen LogP contribution in [0.15, 0.2) is 6.33 Å². The minimum atomic E-state index is -0.539. The normalized spacial score (nSPS) is 25.4. The average Bonchev–Trinajstić information content (AvgIpc) is 2.88. The van der Waals surface area contributed by atoms with E-state index in [2.05, 4.69) is 34.4 Å². The lowest BCUT2D eigenvalue weighted by Crippen LogP contribution is -2.54. The topological polar surface area (TPSA) is 95.6 Å². The molecule has 1 aliphatic heterocycles. The summed E-state index contributed by atoms with van der Waals surface area (Å²) in [7, 11) is 0. The van der Waals surface area contributed by atoms with Crippen molar-refractivity contribution in [1.29, 1.82) is 0 Å². The van der Waals surface area contributed by atoms with Gasteiger partial charge in [0.15, 0.2) is 0 Å². The lowest BCUT2D eigenvalue weighted by atomic mass is 10.1. The Labute approximate surface area is 141 Å². The standard InChI is InChI=1S/C15H23N5O2S/c1-9-6-11(21)13-12(9)14(18-8-17-13)19-2-4-20(5-3-19)15(22)10(16)7-23/h8-11,21,23H,2-7,16H2,1H3. The minimum absolute atomic E-state index is 0.0450. The molecule has 1 aromatic heterocycles. The lowest BCUT2D eigenvalue weighted by Gasteiger charge is -2.37. The Morgan fingerprint density at radius 3 is 2.78 bits per heavy atom. The first-order valence-electron chi connectivity index (χ1n) is 7.96. The van der Waals surface area contributed by atoms with E-state index in [1.165, 1.54) is 6.33 Å². The Balaban J connectivity index is 1.73. The molecule has 0 bridgehead atoms. The molecule has 3 N–H and O–H groups in total. The van der Waals surface area contributed by atoms with Crippen LogP contribution in [0.4, 0.5) is 5.82 Å². The second kappa shape index (κ2) is 6.62. The van der Waals surface area contributed by atoms with E-state index < -0.39 is 12.1 Å². The third kappa shape index (κ3) is 3.02. The number of anilines is 1. The summed E-state index contributed by atoms with van der Waals surface area (Å²) < 4.78 is 0. The van der Waals surface area contributed by atoms with Gasteiger partial charge in [0.25, 0.3) is 0 Å². The van der Waals surface area contributed by atoms with Crippen molar-refractivity contribution in [1.82, 2.24) is 14.9 Å². The fraction of sp³-hybridized carbons (Fsp3) is 0.667. The number of nitrogens with two attached hydrogens (primary N) is 1. The van der Waals surface area contributed by atoms with E-state index >= 15 is 0 Å². The molecule has 1 saturated heterocycles. The van der Waals surface area contributed by atoms with Gasteiger partial charge in [0, 0.05) is 37.5 Å². The van der Waals surface area contributed by atoms with Crippen LogP contribution in [0.2, 0.25) is 0 Å². The highest BCUT2D eigenvalue weighted by molar-refractivity contribution is 7.80. The molecule has 8 heteroatoms. The summed E-state index contributed by atoms with van der Waals surface area (Å²) in [6, 6.07) is -0.539. The Kier molecular flexibility index (Phi) is 4.74. The van der Waals surface area contributed by atoms with Gasteiger partial charge in [0.1, 0.15) is 12.1 Å². The number of rotatable bonds is 3. The molecule has 0 saturated carbocycles. The number of carbonyl (C=O) groups is 1. The molecule has 1 amide bonds. The van der Waals surface area contributed by atoms with Crippen molar-refractivity contribution in [3.05, 3.63) is 17.6 Å². The quantitative estimate of drug-likeness (QED) is 0.668. The van der Waals surface area contributed by atoms with Gasteiger partial charge in [-0.1, -0.05) is 6.92 Å². The van der Waals surface area contributed by atoms with Gasteiger partial charge in [0.05, 0.1) is 17.8 Å². The number of aliphatic hydroxyl groups is 1. The zero-order chi connectivity index (χ0) is 16.6. The Morgan fingerprint density at radius 1 is 1.43 bits per heavy atom. The number of carbonyl (C=O) groups excluding carboxylic acids is 1. The van der Waals surface area contributed by atoms with Gasteiger partial charge >= 0.3 is 0 Å². The van der Waals surface area contributed by atoms with E-state index in [1.54, 1.807) is 4.90 Å². The number of hydrogen-bond donors (Lipinski definition) is 3. The third-order valence-corrected chi connectivity index (χ3v) is 5.08. The second-order valence-electron chi connectivity index (χ2n) is 6.25. The maximum atomic E-state index is 12.1. The fourth-order valence-corrected chi connectivity index (χ4v) is 3.56. The zero-order valence-corrected chi connectivity index (χ0v) is 14.1. The van der Waals surface area contributed by atoms with E-state index in [9.17, 15) is 9.90 Å². The molecule has 3 unspecified atom stereocenters. The molecule has 7 nitrogen and oxygen atoms in total. The van der Waals surface area contributed by atoms with Gasteiger partial charge < -0.3 is 20.6 Å². The van der Waals surface area contributed by atoms with Gasteiger partial charge in [0.2, 0.25) is 5.91 Å². The molecule has 0 radical (unpaired) electrons. The van der Waals surface area contributed by atoms with Crippen molar-refractivity contribution in [2.45, 2.75) is 31.4 Å². The predicted octanol–water partition coefficient (Wildman–Crippen LogP) is -0.0771. The number of aromatic nitrogens is 2. The average molecular weight is 337 g/mol. The van der Waals surface area contributed by atoms with E-state index in [1.807, 2.05) is 0 Å². The van der Waals surface area contributed by atoms with Crippen LogP contribution in [0.1, 0.15) is 36.6 Å². The number of hydrogen-bond acceptors (Lipinski definition) is 7. The number of thiol groups is 1. The van der Waals surface area contributed by atoms with Crippen molar-refractivity contribution in [2.75, 3.05) is 36.8 Å². The van der Waals surface area contributed by atoms with Crippen LogP contribution in [-0.2, 0) is 4.79 Å². The first-order valence-corrected chi connectivity index (χ1v) is 8.59. The molecule has 1 fully saturated rings. The van der Waals surface area contributed by atoms with Gasteiger partial charge in [-0.05, 0) is 12.3 Å². The molecule has 0 aromatic carbocycles. The van der Waals surface area contributed by atoms with Crippen LogP contribution in [-0.4, -0.2) is 63.9 Å². The summed E-state index contributed by atoms with van der Waals surface area (Å²) in [5.41, 5.74) is 7.57. The monoisotopic (exact) mass is 337 g/mol. The molecule has 1 aliphatic carbocycles. The predicted molar refractivity (Wildman–Crippen MR) is 90.6 cm³/mol. The zero-order valence-electron chi connectivity index (χ0n) is 13.2. The SMILES string of the molecule is CC1CC(O)c2ncnc(N3CCN(C(=O)C(N)CS)CC3)c21. The summed E-state index contributed by atoms with van der Waals surface area (Å²) >= 11 is 4.09. The Hall–Kier alpha value is -1.38. The molecular formula is C15H23N5O2S. The van der Waals surface area contributed by atoms with Crippen LogP contribution >= 0.6 is 12.6 Å². The lowest BCUT2D eigenvalue weighted by molar-refractivity contribution is -0.132. The maximum absolute atomic E-state index is 12.1. The minimum Gasteiger partial charge on any atom is -0.387 e. The van der Waals surface area contributed by atoms with Crippen molar-refractivity contribution >= 4 is 24.4 Å². The van der Waals surface area contributed by atoms with E-state index in [0.29, 0.717) is 38.4 Å². The van der Waals surface area contributed by atoms with Crippen LogP contribution in [0.5, 0.6) is 0 Å².